The normalized spacial score (nSPS) is 15.0. The van der Waals surface area contributed by atoms with Crippen molar-refractivity contribution in [3.05, 3.63) is 29.6 Å². The van der Waals surface area contributed by atoms with E-state index < -0.39 is 10.0 Å². The van der Waals surface area contributed by atoms with Crippen molar-refractivity contribution < 1.29 is 8.42 Å². The van der Waals surface area contributed by atoms with Crippen LogP contribution in [0.2, 0.25) is 0 Å². The number of thioether (sulfide) groups is 1. The van der Waals surface area contributed by atoms with Crippen LogP contribution in [-0.2, 0) is 10.0 Å². The van der Waals surface area contributed by atoms with Crippen LogP contribution in [-0.4, -0.2) is 30.9 Å². The number of hydrogen-bond donors (Lipinski definition) is 2. The van der Waals surface area contributed by atoms with Crippen molar-refractivity contribution in [2.45, 2.75) is 23.6 Å². The maximum absolute atomic E-state index is 13.0. The van der Waals surface area contributed by atoms with E-state index in [1.54, 1.807) is 37.7 Å². The van der Waals surface area contributed by atoms with Gasteiger partial charge in [0, 0.05) is 22.9 Å². The number of sulfonamides is 1. The SMILES string of the molecule is Cc1n[nH]c(C)c1S(=O)(=O)N1CCSc2ccc(N)cc21. The Morgan fingerprint density at radius 1 is 1.38 bits per heavy atom. The molecular weight excluding hydrogens is 308 g/mol. The third-order valence-corrected chi connectivity index (χ3v) is 6.53. The highest BCUT2D eigenvalue weighted by Gasteiger charge is 2.33. The highest BCUT2D eigenvalue weighted by Crippen LogP contribution is 2.39. The minimum atomic E-state index is -3.64. The number of aromatic nitrogens is 2. The highest BCUT2D eigenvalue weighted by atomic mass is 32.2. The molecule has 0 saturated carbocycles. The molecule has 0 amide bonds. The number of nitrogens with one attached hydrogen (secondary N) is 1. The van der Waals surface area contributed by atoms with Gasteiger partial charge in [-0.05, 0) is 32.0 Å². The van der Waals surface area contributed by atoms with Gasteiger partial charge in [0.25, 0.3) is 10.0 Å². The molecule has 3 rings (SSSR count). The van der Waals surface area contributed by atoms with Crippen molar-refractivity contribution in [3.8, 4) is 0 Å². The molecule has 1 aliphatic heterocycles. The summed E-state index contributed by atoms with van der Waals surface area (Å²) in [6, 6.07) is 5.37. The van der Waals surface area contributed by atoms with Crippen molar-refractivity contribution >= 4 is 33.2 Å². The second-order valence-corrected chi connectivity index (χ2v) is 7.85. The van der Waals surface area contributed by atoms with Crippen LogP contribution in [0.15, 0.2) is 28.0 Å². The number of nitrogens with two attached hydrogens (primary N) is 1. The maximum atomic E-state index is 13.0. The molecule has 1 aromatic carbocycles. The number of nitrogen functional groups attached to an aromatic ring is 1. The predicted molar refractivity (Wildman–Crippen MR) is 84.2 cm³/mol. The third-order valence-electron chi connectivity index (χ3n) is 3.41. The van der Waals surface area contributed by atoms with Crippen LogP contribution >= 0.6 is 11.8 Å². The number of nitrogens with zero attached hydrogens (tertiary/aromatic N) is 2. The molecule has 0 atom stereocenters. The highest BCUT2D eigenvalue weighted by molar-refractivity contribution is 8.00. The number of aryl methyl sites for hydroxylation is 2. The molecular formula is C13H16N4O2S2. The van der Waals surface area contributed by atoms with Crippen molar-refractivity contribution in [1.29, 1.82) is 0 Å². The predicted octanol–water partition coefficient (Wildman–Crippen LogP) is 1.91. The summed E-state index contributed by atoms with van der Waals surface area (Å²) >= 11 is 1.64. The molecule has 112 valence electrons. The maximum Gasteiger partial charge on any atom is 0.268 e. The van der Waals surface area contributed by atoms with Crippen LogP contribution in [0, 0.1) is 13.8 Å². The van der Waals surface area contributed by atoms with Crippen LogP contribution in [0.25, 0.3) is 0 Å². The molecule has 1 aliphatic rings. The molecule has 2 heterocycles. The molecule has 2 aromatic rings. The lowest BCUT2D eigenvalue weighted by atomic mass is 10.3. The summed E-state index contributed by atoms with van der Waals surface area (Å²) in [6.07, 6.45) is 0. The zero-order valence-electron chi connectivity index (χ0n) is 11.8. The van der Waals surface area contributed by atoms with E-state index in [1.165, 1.54) is 4.31 Å². The molecule has 6 nitrogen and oxygen atoms in total. The minimum Gasteiger partial charge on any atom is -0.399 e. The Kier molecular flexibility index (Phi) is 3.37. The Morgan fingerprint density at radius 3 is 2.81 bits per heavy atom. The van der Waals surface area contributed by atoms with E-state index in [0.29, 0.717) is 35.1 Å². The monoisotopic (exact) mass is 324 g/mol. The Balaban J connectivity index is 2.16. The van der Waals surface area contributed by atoms with E-state index in [1.807, 2.05) is 6.07 Å². The van der Waals surface area contributed by atoms with Crippen molar-refractivity contribution in [3.63, 3.8) is 0 Å². The Labute approximate surface area is 127 Å². The summed E-state index contributed by atoms with van der Waals surface area (Å²) in [5.41, 5.74) is 8.05. The molecule has 0 spiro atoms. The summed E-state index contributed by atoms with van der Waals surface area (Å²) in [5, 5.41) is 6.72. The van der Waals surface area contributed by atoms with Crippen LogP contribution in [0.4, 0.5) is 11.4 Å². The van der Waals surface area contributed by atoms with Gasteiger partial charge in [-0.3, -0.25) is 9.40 Å². The molecule has 0 saturated heterocycles. The fourth-order valence-corrected chi connectivity index (χ4v) is 5.45. The van der Waals surface area contributed by atoms with Crippen molar-refractivity contribution in [1.82, 2.24) is 10.2 Å². The number of H-pyrrole nitrogens is 1. The van der Waals surface area contributed by atoms with Crippen LogP contribution in [0.3, 0.4) is 0 Å². The third kappa shape index (κ3) is 2.28. The fraction of sp³-hybridized carbons (Fsp3) is 0.308. The van der Waals surface area contributed by atoms with Gasteiger partial charge >= 0.3 is 0 Å². The van der Waals surface area contributed by atoms with Gasteiger partial charge in [0.15, 0.2) is 0 Å². The number of anilines is 2. The second kappa shape index (κ2) is 4.96. The molecule has 8 heteroatoms. The molecule has 3 N–H and O–H groups in total. The molecule has 0 unspecified atom stereocenters. The lowest BCUT2D eigenvalue weighted by Crippen LogP contribution is -2.36. The number of aromatic amines is 1. The van der Waals surface area contributed by atoms with E-state index in [2.05, 4.69) is 10.2 Å². The van der Waals surface area contributed by atoms with Crippen LogP contribution < -0.4 is 10.0 Å². The summed E-state index contributed by atoms with van der Waals surface area (Å²) in [5.74, 6) is 0.714. The first-order valence-corrected chi connectivity index (χ1v) is 8.90. The summed E-state index contributed by atoms with van der Waals surface area (Å²) in [6.45, 7) is 3.83. The first-order chi connectivity index (χ1) is 9.91. The van der Waals surface area contributed by atoms with Gasteiger partial charge in [-0.2, -0.15) is 5.10 Å². The quantitative estimate of drug-likeness (QED) is 0.823. The lowest BCUT2D eigenvalue weighted by molar-refractivity contribution is 0.590. The second-order valence-electron chi connectivity index (χ2n) is 4.92. The zero-order valence-corrected chi connectivity index (χ0v) is 13.4. The minimum absolute atomic E-state index is 0.253. The number of hydrogen-bond acceptors (Lipinski definition) is 5. The molecule has 0 bridgehead atoms. The van der Waals surface area contributed by atoms with Gasteiger partial charge in [-0.1, -0.05) is 0 Å². The van der Waals surface area contributed by atoms with E-state index in [0.717, 1.165) is 4.90 Å². The van der Waals surface area contributed by atoms with Gasteiger partial charge in [0.05, 0.1) is 17.1 Å². The topological polar surface area (TPSA) is 92.1 Å². The summed E-state index contributed by atoms with van der Waals surface area (Å²) < 4.78 is 27.4. The Hall–Kier alpha value is -1.67. The van der Waals surface area contributed by atoms with Gasteiger partial charge in [-0.15, -0.1) is 11.8 Å². The Morgan fingerprint density at radius 2 is 2.14 bits per heavy atom. The van der Waals surface area contributed by atoms with Gasteiger partial charge < -0.3 is 5.73 Å². The van der Waals surface area contributed by atoms with E-state index in [-0.39, 0.29) is 4.90 Å². The van der Waals surface area contributed by atoms with E-state index >= 15 is 0 Å². The molecule has 0 aliphatic carbocycles. The zero-order chi connectivity index (χ0) is 15.2. The molecule has 21 heavy (non-hydrogen) atoms. The summed E-state index contributed by atoms with van der Waals surface area (Å²) in [7, 11) is -3.64. The van der Waals surface area contributed by atoms with Crippen molar-refractivity contribution in [2.75, 3.05) is 22.3 Å². The molecule has 0 radical (unpaired) electrons. The van der Waals surface area contributed by atoms with Crippen LogP contribution in [0.1, 0.15) is 11.4 Å². The fourth-order valence-electron chi connectivity index (χ4n) is 2.49. The van der Waals surface area contributed by atoms with E-state index in [9.17, 15) is 8.42 Å². The van der Waals surface area contributed by atoms with Gasteiger partial charge in [-0.25, -0.2) is 8.42 Å². The molecule has 0 fully saturated rings. The number of fused-ring (bicyclic) bond motifs is 1. The van der Waals surface area contributed by atoms with Gasteiger partial charge in [0.1, 0.15) is 4.90 Å². The molecule has 1 aromatic heterocycles. The lowest BCUT2D eigenvalue weighted by Gasteiger charge is -2.30. The number of benzene rings is 1. The first-order valence-electron chi connectivity index (χ1n) is 6.48. The first kappa shape index (κ1) is 14.3. The smallest absolute Gasteiger partial charge is 0.268 e. The van der Waals surface area contributed by atoms with Gasteiger partial charge in [0.2, 0.25) is 0 Å². The Bertz CT molecular complexity index is 779. The number of rotatable bonds is 2. The average molecular weight is 324 g/mol. The standard InChI is InChI=1S/C13H16N4O2S2/c1-8-13(9(2)16-15-8)21(18,19)17-5-6-20-12-4-3-10(14)7-11(12)17/h3-4,7H,5-6,14H2,1-2H3,(H,15,16). The van der Waals surface area contributed by atoms with E-state index in [4.69, 9.17) is 5.73 Å². The largest absolute Gasteiger partial charge is 0.399 e. The average Bonchev–Trinajstić information content (AvgIpc) is 2.77. The van der Waals surface area contributed by atoms with Crippen molar-refractivity contribution in [2.24, 2.45) is 0 Å². The summed E-state index contributed by atoms with van der Waals surface area (Å²) in [4.78, 5) is 1.18. The van der Waals surface area contributed by atoms with Crippen LogP contribution in [0.5, 0.6) is 0 Å².